The Bertz CT molecular complexity index is 912. The van der Waals surface area contributed by atoms with Crippen molar-refractivity contribution in [1.82, 2.24) is 15.8 Å². The molecule has 5 nitrogen and oxygen atoms in total. The summed E-state index contributed by atoms with van der Waals surface area (Å²) < 4.78 is 0. The number of carbonyl (C=O) groups excluding carboxylic acids is 1. The number of H-pyrrole nitrogens is 1. The van der Waals surface area contributed by atoms with E-state index in [1.165, 1.54) is 0 Å². The summed E-state index contributed by atoms with van der Waals surface area (Å²) in [5.41, 5.74) is 10.5. The summed E-state index contributed by atoms with van der Waals surface area (Å²) in [4.78, 5) is 15.3. The highest BCUT2D eigenvalue weighted by molar-refractivity contribution is 7.80. The van der Waals surface area contributed by atoms with E-state index in [1.54, 1.807) is 0 Å². The molecule has 1 aromatic heterocycles. The highest BCUT2D eigenvalue weighted by atomic mass is 32.1. The van der Waals surface area contributed by atoms with Gasteiger partial charge in [-0.15, -0.1) is 0 Å². The molecule has 0 saturated carbocycles. The zero-order chi connectivity index (χ0) is 17.8. The monoisotopic (exact) mass is 352 g/mol. The third-order valence-corrected chi connectivity index (χ3v) is 4.03. The van der Waals surface area contributed by atoms with E-state index in [0.717, 1.165) is 33.3 Å². The van der Waals surface area contributed by atoms with Crippen LogP contribution in [0.5, 0.6) is 0 Å². The largest absolute Gasteiger partial charge is 0.361 e. The predicted octanol–water partition coefficient (Wildman–Crippen LogP) is 3.35. The third-order valence-electron chi connectivity index (χ3n) is 3.82. The Morgan fingerprint density at radius 2 is 1.80 bits per heavy atom. The number of aromatic nitrogens is 1. The van der Waals surface area contributed by atoms with Crippen LogP contribution in [0.2, 0.25) is 0 Å². The first-order valence-electron chi connectivity index (χ1n) is 8.00. The van der Waals surface area contributed by atoms with Crippen LogP contribution in [0, 0.1) is 13.8 Å². The van der Waals surface area contributed by atoms with Gasteiger partial charge in [0.1, 0.15) is 0 Å². The lowest BCUT2D eigenvalue weighted by molar-refractivity contribution is -0.120. The molecular weight excluding hydrogens is 332 g/mol. The Labute approximate surface area is 151 Å². The van der Waals surface area contributed by atoms with E-state index in [-0.39, 0.29) is 12.3 Å². The van der Waals surface area contributed by atoms with E-state index >= 15 is 0 Å². The van der Waals surface area contributed by atoms with E-state index in [0.29, 0.717) is 5.11 Å². The molecule has 0 bridgehead atoms. The molecular formula is C19H20N4OS. The van der Waals surface area contributed by atoms with Crippen LogP contribution in [0.3, 0.4) is 0 Å². The number of rotatable bonds is 3. The van der Waals surface area contributed by atoms with E-state index in [4.69, 9.17) is 12.2 Å². The van der Waals surface area contributed by atoms with Crippen LogP contribution in [-0.2, 0) is 11.2 Å². The summed E-state index contributed by atoms with van der Waals surface area (Å²) in [5, 5.41) is 4.46. The van der Waals surface area contributed by atoms with Crippen molar-refractivity contribution in [3.63, 3.8) is 0 Å². The lowest BCUT2D eigenvalue weighted by Gasteiger charge is -2.12. The molecule has 1 amide bonds. The van der Waals surface area contributed by atoms with Gasteiger partial charge in [-0.05, 0) is 61.0 Å². The van der Waals surface area contributed by atoms with Crippen molar-refractivity contribution in [2.45, 2.75) is 20.3 Å². The van der Waals surface area contributed by atoms with Gasteiger partial charge in [0.25, 0.3) is 0 Å². The summed E-state index contributed by atoms with van der Waals surface area (Å²) in [6.45, 7) is 4.05. The minimum Gasteiger partial charge on any atom is -0.361 e. The van der Waals surface area contributed by atoms with Gasteiger partial charge in [0, 0.05) is 22.8 Å². The Morgan fingerprint density at radius 1 is 1.08 bits per heavy atom. The molecule has 0 aliphatic carbocycles. The van der Waals surface area contributed by atoms with Gasteiger partial charge >= 0.3 is 0 Å². The Morgan fingerprint density at radius 3 is 2.56 bits per heavy atom. The molecule has 128 valence electrons. The molecule has 0 saturated heterocycles. The standard InChI is InChI=1S/C19H20N4OS/c1-12-7-13(2)9-15(8-12)21-19(25)23-22-18(24)10-14-11-20-17-6-4-3-5-16(14)17/h3-9,11,20H,10H2,1-2H3,(H,22,24)(H2,21,23,25). The number of amides is 1. The topological polar surface area (TPSA) is 68.9 Å². The number of nitrogens with one attached hydrogen (secondary N) is 4. The van der Waals surface area contributed by atoms with Crippen molar-refractivity contribution in [3.8, 4) is 0 Å². The van der Waals surface area contributed by atoms with Gasteiger partial charge in [0.15, 0.2) is 5.11 Å². The molecule has 3 rings (SSSR count). The van der Waals surface area contributed by atoms with Crippen LogP contribution >= 0.6 is 12.2 Å². The number of benzene rings is 2. The van der Waals surface area contributed by atoms with E-state index in [9.17, 15) is 4.79 Å². The molecule has 3 aromatic rings. The molecule has 6 heteroatoms. The van der Waals surface area contributed by atoms with Gasteiger partial charge in [-0.1, -0.05) is 24.3 Å². The van der Waals surface area contributed by atoms with Crippen LogP contribution in [0.1, 0.15) is 16.7 Å². The maximum Gasteiger partial charge on any atom is 0.242 e. The van der Waals surface area contributed by atoms with E-state index in [1.807, 2.05) is 56.4 Å². The van der Waals surface area contributed by atoms with Crippen molar-refractivity contribution in [1.29, 1.82) is 0 Å². The molecule has 0 fully saturated rings. The molecule has 0 aliphatic heterocycles. The number of thiocarbonyl (C=S) groups is 1. The number of fused-ring (bicyclic) bond motifs is 1. The fourth-order valence-corrected chi connectivity index (χ4v) is 3.00. The fourth-order valence-electron chi connectivity index (χ4n) is 2.83. The first kappa shape index (κ1) is 17.0. The maximum absolute atomic E-state index is 12.1. The molecule has 0 atom stereocenters. The zero-order valence-corrected chi connectivity index (χ0v) is 15.0. The minimum absolute atomic E-state index is 0.158. The molecule has 4 N–H and O–H groups in total. The normalized spacial score (nSPS) is 10.5. The van der Waals surface area contributed by atoms with E-state index in [2.05, 4.69) is 27.2 Å². The molecule has 0 radical (unpaired) electrons. The summed E-state index contributed by atoms with van der Waals surface area (Å²) in [6, 6.07) is 14.0. The Hall–Kier alpha value is -2.86. The first-order chi connectivity index (χ1) is 12.0. The summed E-state index contributed by atoms with van der Waals surface area (Å²) in [7, 11) is 0. The van der Waals surface area contributed by atoms with Crippen molar-refractivity contribution in [2.24, 2.45) is 0 Å². The second kappa shape index (κ2) is 7.36. The molecule has 0 spiro atoms. The van der Waals surface area contributed by atoms with Crippen molar-refractivity contribution >= 4 is 39.8 Å². The van der Waals surface area contributed by atoms with Gasteiger partial charge in [0.05, 0.1) is 6.42 Å². The average molecular weight is 352 g/mol. The summed E-state index contributed by atoms with van der Waals surface area (Å²) in [6.07, 6.45) is 2.12. The smallest absolute Gasteiger partial charge is 0.242 e. The second-order valence-electron chi connectivity index (χ2n) is 6.04. The summed E-state index contributed by atoms with van der Waals surface area (Å²) in [5.74, 6) is -0.158. The van der Waals surface area contributed by atoms with Crippen molar-refractivity contribution in [3.05, 3.63) is 65.4 Å². The number of hydrazine groups is 1. The van der Waals surface area contributed by atoms with E-state index < -0.39 is 0 Å². The zero-order valence-electron chi connectivity index (χ0n) is 14.1. The van der Waals surface area contributed by atoms with Gasteiger partial charge in [-0.3, -0.25) is 15.6 Å². The van der Waals surface area contributed by atoms with Crippen LogP contribution in [0.25, 0.3) is 10.9 Å². The molecule has 1 heterocycles. The highest BCUT2D eigenvalue weighted by Gasteiger charge is 2.09. The van der Waals surface area contributed by atoms with Crippen LogP contribution in [0.4, 0.5) is 5.69 Å². The summed E-state index contributed by atoms with van der Waals surface area (Å²) >= 11 is 5.22. The molecule has 25 heavy (non-hydrogen) atoms. The number of aryl methyl sites for hydroxylation is 2. The van der Waals surface area contributed by atoms with Crippen molar-refractivity contribution < 1.29 is 4.79 Å². The third kappa shape index (κ3) is 4.36. The van der Waals surface area contributed by atoms with Crippen molar-refractivity contribution in [2.75, 3.05) is 5.32 Å². The fraction of sp³-hybridized carbons (Fsp3) is 0.158. The lowest BCUT2D eigenvalue weighted by atomic mass is 10.1. The van der Waals surface area contributed by atoms with Gasteiger partial charge in [0.2, 0.25) is 5.91 Å². The number of anilines is 1. The average Bonchev–Trinajstić information content (AvgIpc) is 2.95. The van der Waals surface area contributed by atoms with Crippen LogP contribution < -0.4 is 16.2 Å². The SMILES string of the molecule is Cc1cc(C)cc(NC(=S)NNC(=O)Cc2c[nH]c3ccccc23)c1. The highest BCUT2D eigenvalue weighted by Crippen LogP contribution is 2.18. The Kier molecular flexibility index (Phi) is 5.00. The number of carbonyl (C=O) groups is 1. The van der Waals surface area contributed by atoms with Crippen LogP contribution in [0.15, 0.2) is 48.7 Å². The Balaban J connectivity index is 1.54. The van der Waals surface area contributed by atoms with Gasteiger partial charge < -0.3 is 10.3 Å². The second-order valence-corrected chi connectivity index (χ2v) is 6.45. The maximum atomic E-state index is 12.1. The quantitative estimate of drug-likeness (QED) is 0.431. The predicted molar refractivity (Wildman–Crippen MR) is 105 cm³/mol. The number of hydrogen-bond acceptors (Lipinski definition) is 2. The molecule has 2 aromatic carbocycles. The molecule has 0 aliphatic rings. The first-order valence-corrected chi connectivity index (χ1v) is 8.41. The molecule has 0 unspecified atom stereocenters. The van der Waals surface area contributed by atoms with Gasteiger partial charge in [-0.25, -0.2) is 0 Å². The van der Waals surface area contributed by atoms with Crippen LogP contribution in [-0.4, -0.2) is 16.0 Å². The minimum atomic E-state index is -0.158. The lowest BCUT2D eigenvalue weighted by Crippen LogP contribution is -2.44. The number of hydrogen-bond donors (Lipinski definition) is 4. The number of para-hydroxylation sites is 1. The van der Waals surface area contributed by atoms with Gasteiger partial charge in [-0.2, -0.15) is 0 Å². The number of aromatic amines is 1.